The zero-order valence-corrected chi connectivity index (χ0v) is 16.5. The first kappa shape index (κ1) is 20.6. The SMILES string of the molecule is B.O[C@H]1CCC[C@@H]1[C@H](C1CCCCC1)P(c1ccccc1)c1ccccc1. The van der Waals surface area contributed by atoms with E-state index in [0.29, 0.717) is 11.6 Å². The quantitative estimate of drug-likeness (QED) is 0.613. The van der Waals surface area contributed by atoms with Crippen LogP contribution >= 0.6 is 7.92 Å². The summed E-state index contributed by atoms with van der Waals surface area (Å²) in [7, 11) is -0.435. The van der Waals surface area contributed by atoms with Crippen LogP contribution in [0.5, 0.6) is 0 Å². The first-order chi connectivity index (χ1) is 12.8. The van der Waals surface area contributed by atoms with Crippen molar-refractivity contribution < 1.29 is 5.11 Å². The molecule has 0 unspecified atom stereocenters. The van der Waals surface area contributed by atoms with Crippen molar-refractivity contribution in [1.29, 1.82) is 0 Å². The van der Waals surface area contributed by atoms with Gasteiger partial charge in [0.05, 0.1) is 14.5 Å². The third-order valence-electron chi connectivity index (χ3n) is 6.47. The predicted octanol–water partition coefficient (Wildman–Crippen LogP) is 4.05. The molecule has 2 aromatic rings. The fourth-order valence-corrected chi connectivity index (χ4v) is 8.69. The van der Waals surface area contributed by atoms with Crippen LogP contribution in [0, 0.1) is 11.8 Å². The molecule has 2 aromatic carbocycles. The minimum atomic E-state index is -0.435. The summed E-state index contributed by atoms with van der Waals surface area (Å²) in [5, 5.41) is 13.8. The molecule has 3 atom stereocenters. The summed E-state index contributed by atoms with van der Waals surface area (Å²) >= 11 is 0. The molecule has 4 rings (SSSR count). The van der Waals surface area contributed by atoms with Crippen LogP contribution in [0.4, 0.5) is 0 Å². The van der Waals surface area contributed by atoms with Crippen molar-refractivity contribution in [2.24, 2.45) is 11.8 Å². The fourth-order valence-electron chi connectivity index (χ4n) is 5.27. The summed E-state index contributed by atoms with van der Waals surface area (Å²) in [6.45, 7) is 0. The van der Waals surface area contributed by atoms with Gasteiger partial charge in [0.15, 0.2) is 0 Å². The second-order valence-corrected chi connectivity index (χ2v) is 10.5. The zero-order chi connectivity index (χ0) is 17.8. The van der Waals surface area contributed by atoms with Gasteiger partial charge in [-0.2, -0.15) is 0 Å². The lowest BCUT2D eigenvalue weighted by molar-refractivity contribution is 0.115. The van der Waals surface area contributed by atoms with Crippen molar-refractivity contribution in [3.63, 3.8) is 0 Å². The Morgan fingerprint density at radius 1 is 0.704 bits per heavy atom. The van der Waals surface area contributed by atoms with E-state index in [2.05, 4.69) is 60.7 Å². The van der Waals surface area contributed by atoms with Crippen molar-refractivity contribution in [2.45, 2.75) is 63.1 Å². The van der Waals surface area contributed by atoms with Crippen LogP contribution in [0.3, 0.4) is 0 Å². The van der Waals surface area contributed by atoms with Crippen LogP contribution in [0.25, 0.3) is 0 Å². The second-order valence-electron chi connectivity index (χ2n) is 8.09. The van der Waals surface area contributed by atoms with Gasteiger partial charge in [0.1, 0.15) is 0 Å². The molecule has 1 nitrogen and oxygen atoms in total. The first-order valence-electron chi connectivity index (χ1n) is 10.4. The van der Waals surface area contributed by atoms with Crippen molar-refractivity contribution in [3.8, 4) is 0 Å². The highest BCUT2D eigenvalue weighted by Gasteiger charge is 2.42. The summed E-state index contributed by atoms with van der Waals surface area (Å²) in [4.78, 5) is 0. The van der Waals surface area contributed by atoms with E-state index in [-0.39, 0.29) is 14.5 Å². The van der Waals surface area contributed by atoms with E-state index in [1.165, 1.54) is 55.6 Å². The van der Waals surface area contributed by atoms with Gasteiger partial charge in [-0.25, -0.2) is 0 Å². The lowest BCUT2D eigenvalue weighted by Crippen LogP contribution is -2.38. The minimum Gasteiger partial charge on any atom is -0.393 e. The average Bonchev–Trinajstić information content (AvgIpc) is 3.13. The van der Waals surface area contributed by atoms with E-state index in [1.807, 2.05) is 0 Å². The number of hydrogen-bond acceptors (Lipinski definition) is 1. The number of hydrogen-bond donors (Lipinski definition) is 1. The normalized spacial score (nSPS) is 24.5. The molecular weight excluding hydrogens is 346 g/mol. The molecule has 3 heteroatoms. The van der Waals surface area contributed by atoms with Crippen LogP contribution in [0.2, 0.25) is 0 Å². The molecule has 0 aliphatic heterocycles. The molecule has 0 aromatic heterocycles. The Bertz CT molecular complexity index is 632. The molecule has 144 valence electrons. The molecule has 0 amide bonds. The number of aliphatic hydroxyl groups excluding tert-OH is 1. The highest BCUT2D eigenvalue weighted by Crippen LogP contribution is 2.53. The van der Waals surface area contributed by atoms with Crippen molar-refractivity contribution in [2.75, 3.05) is 0 Å². The monoisotopic (exact) mass is 380 g/mol. The molecule has 2 saturated carbocycles. The highest BCUT2D eigenvalue weighted by molar-refractivity contribution is 7.73. The predicted molar refractivity (Wildman–Crippen MR) is 123 cm³/mol. The Morgan fingerprint density at radius 3 is 1.74 bits per heavy atom. The van der Waals surface area contributed by atoms with Crippen LogP contribution < -0.4 is 10.6 Å². The Hall–Kier alpha value is -1.11. The summed E-state index contributed by atoms with van der Waals surface area (Å²) in [5.74, 6) is 1.25. The van der Waals surface area contributed by atoms with Gasteiger partial charge >= 0.3 is 0 Å². The number of aliphatic hydroxyl groups is 1. The molecule has 27 heavy (non-hydrogen) atoms. The third kappa shape index (κ3) is 4.66. The van der Waals surface area contributed by atoms with Gasteiger partial charge < -0.3 is 5.11 Å². The molecule has 0 bridgehead atoms. The maximum absolute atomic E-state index is 10.8. The van der Waals surface area contributed by atoms with Gasteiger partial charge in [0.25, 0.3) is 0 Å². The van der Waals surface area contributed by atoms with Gasteiger partial charge in [0, 0.05) is 0 Å². The molecular formula is C24H34BOP. The Morgan fingerprint density at radius 2 is 1.26 bits per heavy atom. The summed E-state index contributed by atoms with van der Waals surface area (Å²) in [6, 6.07) is 22.3. The summed E-state index contributed by atoms with van der Waals surface area (Å²) < 4.78 is 0. The van der Waals surface area contributed by atoms with Gasteiger partial charge in [-0.15, -0.1) is 0 Å². The third-order valence-corrected chi connectivity index (χ3v) is 9.58. The van der Waals surface area contributed by atoms with Crippen LogP contribution in [0.1, 0.15) is 51.4 Å². The Labute approximate surface area is 167 Å². The maximum Gasteiger partial charge on any atom is 0.0814 e. The topological polar surface area (TPSA) is 20.2 Å². The molecule has 0 radical (unpaired) electrons. The number of benzene rings is 2. The van der Waals surface area contributed by atoms with Crippen LogP contribution in [-0.2, 0) is 0 Å². The largest absolute Gasteiger partial charge is 0.393 e. The van der Waals surface area contributed by atoms with Gasteiger partial charge in [-0.1, -0.05) is 86.3 Å². The first-order valence-corrected chi connectivity index (χ1v) is 11.8. The molecule has 2 fully saturated rings. The summed E-state index contributed by atoms with van der Waals surface area (Å²) in [5.41, 5.74) is 0.618. The molecule has 2 aliphatic rings. The maximum atomic E-state index is 10.8. The lowest BCUT2D eigenvalue weighted by Gasteiger charge is -2.41. The average molecular weight is 380 g/mol. The van der Waals surface area contributed by atoms with Gasteiger partial charge in [0.2, 0.25) is 0 Å². The van der Waals surface area contributed by atoms with Crippen molar-refractivity contribution >= 4 is 26.9 Å². The Balaban J connectivity index is 0.00000210. The van der Waals surface area contributed by atoms with E-state index in [1.54, 1.807) is 0 Å². The smallest absolute Gasteiger partial charge is 0.0814 e. The van der Waals surface area contributed by atoms with Crippen LogP contribution in [-0.4, -0.2) is 25.3 Å². The van der Waals surface area contributed by atoms with Gasteiger partial charge in [-0.05, 0) is 61.7 Å². The lowest BCUT2D eigenvalue weighted by atomic mass is 9.81. The van der Waals surface area contributed by atoms with E-state index >= 15 is 0 Å². The zero-order valence-electron chi connectivity index (χ0n) is 15.6. The summed E-state index contributed by atoms with van der Waals surface area (Å²) in [6.07, 6.45) is 10.2. The minimum absolute atomic E-state index is 0. The fraction of sp³-hybridized carbons (Fsp3) is 0.500. The highest BCUT2D eigenvalue weighted by atomic mass is 31.1. The van der Waals surface area contributed by atoms with Crippen molar-refractivity contribution in [1.82, 2.24) is 0 Å². The number of rotatable bonds is 5. The van der Waals surface area contributed by atoms with E-state index in [4.69, 9.17) is 0 Å². The van der Waals surface area contributed by atoms with Crippen LogP contribution in [0.15, 0.2) is 60.7 Å². The van der Waals surface area contributed by atoms with Crippen molar-refractivity contribution in [3.05, 3.63) is 60.7 Å². The van der Waals surface area contributed by atoms with E-state index in [0.717, 1.165) is 12.3 Å². The standard InChI is InChI=1S/C24H31OP.BH3/c25-23-18-10-17-22(23)24(19-11-4-1-5-12-19)26(20-13-6-2-7-14-20)21-15-8-3-9-16-21;/h2-3,6-9,13-16,19,22-25H,1,4-5,10-12,17-18H2;1H3/t22-,23-,24-;/m0./s1. The Kier molecular flexibility index (Phi) is 7.56. The van der Waals surface area contributed by atoms with E-state index < -0.39 is 7.92 Å². The van der Waals surface area contributed by atoms with E-state index in [9.17, 15) is 5.11 Å². The molecule has 0 saturated heterocycles. The second kappa shape index (κ2) is 9.90. The molecule has 2 aliphatic carbocycles. The molecule has 1 N–H and O–H groups in total. The molecule has 0 heterocycles. The van der Waals surface area contributed by atoms with Gasteiger partial charge in [-0.3, -0.25) is 0 Å². The molecule has 0 spiro atoms.